The molecule has 1 aromatic rings. The van der Waals surface area contributed by atoms with E-state index in [9.17, 15) is 4.79 Å². The van der Waals surface area contributed by atoms with Crippen molar-refractivity contribution >= 4 is 17.4 Å². The Balaban J connectivity index is 2.58. The van der Waals surface area contributed by atoms with Gasteiger partial charge in [0.2, 0.25) is 0 Å². The summed E-state index contributed by atoms with van der Waals surface area (Å²) in [6.45, 7) is 11.9. The van der Waals surface area contributed by atoms with Crippen molar-refractivity contribution in [3.05, 3.63) is 36.4 Å². The number of nitrogens with one attached hydrogen (secondary N) is 1. The van der Waals surface area contributed by atoms with Crippen LogP contribution >= 0.6 is 0 Å². The minimum atomic E-state index is -0.495. The molecule has 3 heteroatoms. The number of carbonyl (C=O) groups excluding carboxylic acids is 1. The Hall–Kier alpha value is -1.77. The highest BCUT2D eigenvalue weighted by Crippen LogP contribution is 2.22. The lowest BCUT2D eigenvalue weighted by molar-refractivity contribution is 0.0636. The van der Waals surface area contributed by atoms with Crippen LogP contribution in [0, 0.1) is 0 Å². The lowest BCUT2D eigenvalue weighted by atomic mass is 10.0. The van der Waals surface area contributed by atoms with E-state index in [1.54, 1.807) is 0 Å². The Labute approximate surface area is 134 Å². The van der Waals surface area contributed by atoms with E-state index in [0.717, 1.165) is 29.7 Å². The molecule has 3 nitrogen and oxygen atoms in total. The molecule has 22 heavy (non-hydrogen) atoms. The van der Waals surface area contributed by atoms with Gasteiger partial charge in [0, 0.05) is 5.69 Å². The molecule has 1 aromatic carbocycles. The highest BCUT2D eigenvalue weighted by atomic mass is 16.6. The van der Waals surface area contributed by atoms with Gasteiger partial charge in [-0.1, -0.05) is 44.9 Å². The van der Waals surface area contributed by atoms with Crippen molar-refractivity contribution in [3.8, 4) is 0 Å². The van der Waals surface area contributed by atoms with E-state index >= 15 is 0 Å². The summed E-state index contributed by atoms with van der Waals surface area (Å²) < 4.78 is 5.26. The SMILES string of the molecule is C=C(CCCCCC)c1cccc(NC(=O)OC(C)(C)C)c1. The average Bonchev–Trinajstić information content (AvgIpc) is 2.41. The van der Waals surface area contributed by atoms with Crippen molar-refractivity contribution in [2.75, 3.05) is 5.32 Å². The van der Waals surface area contributed by atoms with Gasteiger partial charge in [0.05, 0.1) is 0 Å². The Morgan fingerprint density at radius 2 is 1.95 bits per heavy atom. The molecule has 1 N–H and O–H groups in total. The third-order valence-corrected chi connectivity index (χ3v) is 3.25. The van der Waals surface area contributed by atoms with Crippen LogP contribution < -0.4 is 5.32 Å². The normalized spacial score (nSPS) is 11.1. The monoisotopic (exact) mass is 303 g/mol. The number of anilines is 1. The fourth-order valence-corrected chi connectivity index (χ4v) is 2.15. The lowest BCUT2D eigenvalue weighted by Gasteiger charge is -2.19. The predicted molar refractivity (Wildman–Crippen MR) is 94.1 cm³/mol. The van der Waals surface area contributed by atoms with Crippen molar-refractivity contribution in [1.29, 1.82) is 0 Å². The first-order valence-corrected chi connectivity index (χ1v) is 8.10. The molecule has 1 amide bonds. The molecule has 122 valence electrons. The number of rotatable bonds is 7. The fraction of sp³-hybridized carbons (Fsp3) is 0.526. The minimum absolute atomic E-state index is 0.432. The fourth-order valence-electron chi connectivity index (χ4n) is 2.15. The highest BCUT2D eigenvalue weighted by Gasteiger charge is 2.16. The van der Waals surface area contributed by atoms with Gasteiger partial charge in [-0.05, 0) is 56.9 Å². The molecule has 0 heterocycles. The summed E-state index contributed by atoms with van der Waals surface area (Å²) in [5, 5.41) is 2.77. The Morgan fingerprint density at radius 3 is 2.59 bits per heavy atom. The summed E-state index contributed by atoms with van der Waals surface area (Å²) in [5.41, 5.74) is 2.43. The molecular formula is C19H29NO2. The summed E-state index contributed by atoms with van der Waals surface area (Å²) in [5.74, 6) is 0. The third-order valence-electron chi connectivity index (χ3n) is 3.25. The van der Waals surface area contributed by atoms with E-state index in [4.69, 9.17) is 4.74 Å². The van der Waals surface area contributed by atoms with Crippen LogP contribution in [0.5, 0.6) is 0 Å². The van der Waals surface area contributed by atoms with Crippen molar-refractivity contribution in [2.45, 2.75) is 65.4 Å². The second-order valence-electron chi connectivity index (χ2n) is 6.62. The first-order valence-electron chi connectivity index (χ1n) is 8.10. The maximum Gasteiger partial charge on any atom is 0.412 e. The van der Waals surface area contributed by atoms with Gasteiger partial charge in [0.1, 0.15) is 5.60 Å². The maximum absolute atomic E-state index is 11.8. The van der Waals surface area contributed by atoms with Crippen LogP contribution in [0.15, 0.2) is 30.8 Å². The summed E-state index contributed by atoms with van der Waals surface area (Å²) in [6.07, 6.45) is 5.48. The molecule has 0 saturated heterocycles. The van der Waals surface area contributed by atoms with E-state index < -0.39 is 11.7 Å². The van der Waals surface area contributed by atoms with E-state index in [1.807, 2.05) is 45.0 Å². The molecule has 0 atom stereocenters. The number of amides is 1. The van der Waals surface area contributed by atoms with Crippen LogP contribution in [-0.4, -0.2) is 11.7 Å². The van der Waals surface area contributed by atoms with Crippen LogP contribution in [0.3, 0.4) is 0 Å². The molecule has 0 saturated carbocycles. The quantitative estimate of drug-likeness (QED) is 0.626. The van der Waals surface area contributed by atoms with Gasteiger partial charge >= 0.3 is 6.09 Å². The Bertz CT molecular complexity index is 500. The number of carbonyl (C=O) groups is 1. The molecule has 1 rings (SSSR count). The zero-order valence-corrected chi connectivity index (χ0v) is 14.4. The zero-order valence-electron chi connectivity index (χ0n) is 14.4. The molecular weight excluding hydrogens is 274 g/mol. The maximum atomic E-state index is 11.8. The molecule has 0 unspecified atom stereocenters. The molecule has 0 radical (unpaired) electrons. The minimum Gasteiger partial charge on any atom is -0.444 e. The van der Waals surface area contributed by atoms with Crippen LogP contribution in [-0.2, 0) is 4.74 Å². The van der Waals surface area contributed by atoms with E-state index in [2.05, 4.69) is 18.8 Å². The van der Waals surface area contributed by atoms with Gasteiger partial charge < -0.3 is 4.74 Å². The highest BCUT2D eigenvalue weighted by molar-refractivity contribution is 5.85. The molecule has 0 spiro atoms. The molecule has 0 bridgehead atoms. The lowest BCUT2D eigenvalue weighted by Crippen LogP contribution is -2.27. The number of hydrogen-bond acceptors (Lipinski definition) is 2. The largest absolute Gasteiger partial charge is 0.444 e. The summed E-state index contributed by atoms with van der Waals surface area (Å²) in [4.78, 5) is 11.8. The number of hydrogen-bond donors (Lipinski definition) is 1. The van der Waals surface area contributed by atoms with Crippen molar-refractivity contribution in [2.24, 2.45) is 0 Å². The predicted octanol–water partition coefficient (Wildman–Crippen LogP) is 6.02. The molecule has 0 aliphatic rings. The first-order chi connectivity index (χ1) is 10.3. The number of allylic oxidation sites excluding steroid dienone is 1. The Morgan fingerprint density at radius 1 is 1.23 bits per heavy atom. The number of unbranched alkanes of at least 4 members (excludes halogenated alkanes) is 3. The van der Waals surface area contributed by atoms with E-state index in [1.165, 1.54) is 19.3 Å². The van der Waals surface area contributed by atoms with Crippen molar-refractivity contribution < 1.29 is 9.53 Å². The van der Waals surface area contributed by atoms with Crippen molar-refractivity contribution in [1.82, 2.24) is 0 Å². The molecule has 0 aliphatic heterocycles. The van der Waals surface area contributed by atoms with Crippen LogP contribution in [0.4, 0.5) is 10.5 Å². The van der Waals surface area contributed by atoms with Gasteiger partial charge in [-0.25, -0.2) is 4.79 Å². The van der Waals surface area contributed by atoms with Crippen LogP contribution in [0.2, 0.25) is 0 Å². The van der Waals surface area contributed by atoms with E-state index in [-0.39, 0.29) is 0 Å². The number of benzene rings is 1. The van der Waals surface area contributed by atoms with Gasteiger partial charge in [-0.2, -0.15) is 0 Å². The topological polar surface area (TPSA) is 38.3 Å². The van der Waals surface area contributed by atoms with Gasteiger partial charge in [0.25, 0.3) is 0 Å². The van der Waals surface area contributed by atoms with E-state index in [0.29, 0.717) is 0 Å². The molecule has 0 aliphatic carbocycles. The average molecular weight is 303 g/mol. The van der Waals surface area contributed by atoms with Crippen LogP contribution in [0.1, 0.15) is 65.4 Å². The van der Waals surface area contributed by atoms with Gasteiger partial charge in [0.15, 0.2) is 0 Å². The summed E-state index contributed by atoms with van der Waals surface area (Å²) >= 11 is 0. The second kappa shape index (κ2) is 8.62. The van der Waals surface area contributed by atoms with Crippen molar-refractivity contribution in [3.63, 3.8) is 0 Å². The summed E-state index contributed by atoms with van der Waals surface area (Å²) in [7, 11) is 0. The number of ether oxygens (including phenoxy) is 1. The van der Waals surface area contributed by atoms with Gasteiger partial charge in [-0.15, -0.1) is 0 Å². The zero-order chi connectivity index (χ0) is 16.6. The third kappa shape index (κ3) is 7.30. The first kappa shape index (κ1) is 18.3. The summed E-state index contributed by atoms with van der Waals surface area (Å²) in [6, 6.07) is 7.77. The molecule has 0 fully saturated rings. The van der Waals surface area contributed by atoms with Gasteiger partial charge in [-0.3, -0.25) is 5.32 Å². The van der Waals surface area contributed by atoms with Crippen LogP contribution in [0.25, 0.3) is 5.57 Å². The molecule has 0 aromatic heterocycles. The Kier molecular flexibility index (Phi) is 7.16. The second-order valence-corrected chi connectivity index (χ2v) is 6.62. The smallest absolute Gasteiger partial charge is 0.412 e. The standard InChI is InChI=1S/C19H29NO2/c1-6-7-8-9-11-15(2)16-12-10-13-17(14-16)20-18(21)22-19(3,4)5/h10,12-14H,2,6-9,11H2,1,3-5H3,(H,20,21).